The summed E-state index contributed by atoms with van der Waals surface area (Å²) in [4.78, 5) is 33.8. The van der Waals surface area contributed by atoms with Crippen LogP contribution in [0.1, 0.15) is 21.1 Å². The third kappa shape index (κ3) is 7.06. The first kappa shape index (κ1) is 26.1. The molecule has 1 N–H and O–H groups in total. The van der Waals surface area contributed by atoms with E-state index in [1.165, 1.54) is 34.8 Å². The van der Waals surface area contributed by atoms with Crippen LogP contribution < -0.4 is 10.1 Å². The first-order valence-electron chi connectivity index (χ1n) is 10.9. The van der Waals surface area contributed by atoms with E-state index in [9.17, 15) is 22.8 Å². The smallest absolute Gasteiger partial charge is 0.404 e. The number of ether oxygens (including phenoxy) is 1. The summed E-state index contributed by atoms with van der Waals surface area (Å²) in [6, 6.07) is 3.44. The molecule has 1 saturated heterocycles. The first-order chi connectivity index (χ1) is 17.1. The van der Waals surface area contributed by atoms with Crippen molar-refractivity contribution in [2.75, 3.05) is 45.1 Å². The van der Waals surface area contributed by atoms with Gasteiger partial charge in [0.05, 0.1) is 18.7 Å². The fraction of sp³-hybridized carbons (Fsp3) is 0.409. The van der Waals surface area contributed by atoms with E-state index in [1.807, 2.05) is 24.3 Å². The number of thiazole rings is 1. The number of aromatic nitrogens is 3. The van der Waals surface area contributed by atoms with Gasteiger partial charge >= 0.3 is 6.36 Å². The molecule has 192 valence electrons. The molecule has 36 heavy (non-hydrogen) atoms. The highest BCUT2D eigenvalue weighted by Gasteiger charge is 2.33. The molecular formula is C22H23F3N6O3S2. The third-order valence-corrected chi connectivity index (χ3v) is 7.37. The maximum Gasteiger partial charge on any atom is 0.573 e. The maximum atomic E-state index is 12.9. The van der Waals surface area contributed by atoms with Crippen molar-refractivity contribution in [3.05, 3.63) is 39.8 Å². The molecule has 1 fully saturated rings. The summed E-state index contributed by atoms with van der Waals surface area (Å²) in [5, 5.41) is 14.2. The van der Waals surface area contributed by atoms with Gasteiger partial charge in [-0.3, -0.25) is 14.5 Å². The van der Waals surface area contributed by atoms with Gasteiger partial charge in [-0.1, -0.05) is 11.3 Å². The van der Waals surface area contributed by atoms with Crippen LogP contribution in [-0.2, 0) is 11.2 Å². The fourth-order valence-electron chi connectivity index (χ4n) is 3.52. The summed E-state index contributed by atoms with van der Waals surface area (Å²) in [5.74, 6) is -1.48. The van der Waals surface area contributed by atoms with Crippen molar-refractivity contribution in [2.24, 2.45) is 0 Å². The van der Waals surface area contributed by atoms with Crippen LogP contribution in [0.5, 0.6) is 5.75 Å². The molecule has 3 heterocycles. The van der Waals surface area contributed by atoms with Crippen molar-refractivity contribution < 1.29 is 27.5 Å². The summed E-state index contributed by atoms with van der Waals surface area (Å²) < 4.78 is 42.8. The van der Waals surface area contributed by atoms with Crippen molar-refractivity contribution in [2.45, 2.75) is 19.7 Å². The lowest BCUT2D eigenvalue weighted by Crippen LogP contribution is -2.47. The topological polar surface area (TPSA) is 101 Å². The molecule has 0 aliphatic carbocycles. The highest BCUT2D eigenvalue weighted by atomic mass is 32.1. The molecule has 3 aromatic rings. The predicted octanol–water partition coefficient (Wildman–Crippen LogP) is 3.48. The molecule has 1 aromatic carbocycles. The molecule has 0 unspecified atom stereocenters. The number of amides is 1. The molecule has 0 spiro atoms. The molecule has 1 amide bonds. The van der Waals surface area contributed by atoms with Crippen LogP contribution in [0.2, 0.25) is 0 Å². The lowest BCUT2D eigenvalue weighted by atomic mass is 10.1. The average Bonchev–Trinajstić information content (AvgIpc) is 3.44. The molecule has 4 rings (SSSR count). The van der Waals surface area contributed by atoms with Crippen LogP contribution >= 0.6 is 22.7 Å². The Kier molecular flexibility index (Phi) is 7.97. The van der Waals surface area contributed by atoms with E-state index in [0.717, 1.165) is 24.8 Å². The number of rotatable bonds is 8. The number of halogens is 3. The zero-order valence-corrected chi connectivity index (χ0v) is 21.1. The van der Waals surface area contributed by atoms with Crippen LogP contribution in [0.3, 0.4) is 0 Å². The quantitative estimate of drug-likeness (QED) is 0.434. The number of nitrogens with one attached hydrogen (secondary N) is 1. The number of carbonyl (C=O) groups excluding carboxylic acids is 2. The van der Waals surface area contributed by atoms with E-state index in [4.69, 9.17) is 0 Å². The number of benzene rings is 1. The molecule has 0 atom stereocenters. The van der Waals surface area contributed by atoms with Gasteiger partial charge in [0.2, 0.25) is 5.91 Å². The second-order valence-corrected chi connectivity index (χ2v) is 10.2. The van der Waals surface area contributed by atoms with Gasteiger partial charge in [-0.05, 0) is 32.2 Å². The Balaban J connectivity index is 1.48. The van der Waals surface area contributed by atoms with Crippen LogP contribution in [0.15, 0.2) is 23.6 Å². The number of piperazine rings is 1. The Bertz CT molecular complexity index is 1240. The lowest BCUT2D eigenvalue weighted by molar-refractivity contribution is -0.274. The van der Waals surface area contributed by atoms with Crippen LogP contribution in [0, 0.1) is 6.92 Å². The van der Waals surface area contributed by atoms with E-state index in [1.54, 1.807) is 0 Å². The van der Waals surface area contributed by atoms with E-state index >= 15 is 0 Å². The number of likely N-dealkylation sites (N-methyl/N-ethyl adjacent to an activating group) is 1. The number of hydrogen-bond acceptors (Lipinski definition) is 10. The number of Topliss-reactive ketones (excluding diaryl/α,β-unsaturated/α-hetero) is 1. The number of hydrogen-bond donors (Lipinski definition) is 1. The standard InChI is InChI=1S/C22H23F3N6O3S2/c1-13-12-35-20(26-13)21-29-28-19(36-21)10-16(32)14-3-4-17(34-22(23,24)25)15(9-14)27-18(33)11-31-7-5-30(2)6-8-31/h3-4,9,12H,5-8,10-11H2,1-2H3,(H,27,33). The number of ketones is 1. The summed E-state index contributed by atoms with van der Waals surface area (Å²) >= 11 is 2.64. The van der Waals surface area contributed by atoms with E-state index in [2.05, 4.69) is 30.1 Å². The highest BCUT2D eigenvalue weighted by molar-refractivity contribution is 7.20. The minimum Gasteiger partial charge on any atom is -0.404 e. The second-order valence-electron chi connectivity index (χ2n) is 8.28. The number of alkyl halides is 3. The van der Waals surface area contributed by atoms with Gasteiger partial charge in [0.1, 0.15) is 5.01 Å². The van der Waals surface area contributed by atoms with E-state index < -0.39 is 18.0 Å². The normalized spacial score (nSPS) is 15.1. The zero-order valence-electron chi connectivity index (χ0n) is 19.5. The highest BCUT2D eigenvalue weighted by Crippen LogP contribution is 2.32. The SMILES string of the molecule is Cc1csc(-c2nnc(CC(=O)c3ccc(OC(F)(F)F)c(NC(=O)CN4CCN(C)CC4)c3)s2)n1. The summed E-state index contributed by atoms with van der Waals surface area (Å²) in [7, 11) is 1.98. The molecule has 14 heteroatoms. The molecule has 1 aliphatic heterocycles. The molecule has 1 aliphatic rings. The Morgan fingerprint density at radius 2 is 1.89 bits per heavy atom. The van der Waals surface area contributed by atoms with Gasteiger partial charge in [-0.25, -0.2) is 4.98 Å². The van der Waals surface area contributed by atoms with Gasteiger partial charge in [-0.2, -0.15) is 0 Å². The zero-order chi connectivity index (χ0) is 25.9. The molecule has 2 aromatic heterocycles. The van der Waals surface area contributed by atoms with Crippen molar-refractivity contribution in [1.29, 1.82) is 0 Å². The lowest BCUT2D eigenvalue weighted by Gasteiger charge is -2.31. The summed E-state index contributed by atoms with van der Waals surface area (Å²) in [6.07, 6.45) is -5.06. The second kappa shape index (κ2) is 11.0. The number of aryl methyl sites for hydroxylation is 1. The van der Waals surface area contributed by atoms with Crippen molar-refractivity contribution >= 4 is 40.1 Å². The van der Waals surface area contributed by atoms with Crippen molar-refractivity contribution in [3.8, 4) is 15.8 Å². The predicted molar refractivity (Wildman–Crippen MR) is 129 cm³/mol. The van der Waals surface area contributed by atoms with Crippen molar-refractivity contribution in [3.63, 3.8) is 0 Å². The Morgan fingerprint density at radius 3 is 2.56 bits per heavy atom. The fourth-order valence-corrected chi connectivity index (χ4v) is 5.18. The summed E-state index contributed by atoms with van der Waals surface area (Å²) in [6.45, 7) is 4.78. The van der Waals surface area contributed by atoms with Gasteiger partial charge in [0, 0.05) is 42.8 Å². The van der Waals surface area contributed by atoms with Gasteiger partial charge in [0.15, 0.2) is 21.5 Å². The minimum absolute atomic E-state index is 0.0151. The van der Waals surface area contributed by atoms with Gasteiger partial charge < -0.3 is 15.0 Å². The average molecular weight is 541 g/mol. The molecular weight excluding hydrogens is 517 g/mol. The number of anilines is 1. The van der Waals surface area contributed by atoms with Gasteiger partial charge in [0.25, 0.3) is 0 Å². The monoisotopic (exact) mass is 540 g/mol. The van der Waals surface area contributed by atoms with Crippen molar-refractivity contribution in [1.82, 2.24) is 25.0 Å². The first-order valence-corrected chi connectivity index (χ1v) is 12.6. The Morgan fingerprint density at radius 1 is 1.14 bits per heavy atom. The number of carbonyl (C=O) groups is 2. The molecule has 9 nitrogen and oxygen atoms in total. The third-order valence-electron chi connectivity index (χ3n) is 5.35. The van der Waals surface area contributed by atoms with Gasteiger partial charge in [-0.15, -0.1) is 34.7 Å². The number of nitrogens with zero attached hydrogens (tertiary/aromatic N) is 5. The van der Waals surface area contributed by atoms with Crippen LogP contribution in [0.25, 0.3) is 10.0 Å². The Labute approximate surface area is 212 Å². The molecule has 0 saturated carbocycles. The maximum absolute atomic E-state index is 12.9. The van der Waals surface area contributed by atoms with Crippen LogP contribution in [-0.4, -0.2) is 82.8 Å². The van der Waals surface area contributed by atoms with E-state index in [0.29, 0.717) is 28.1 Å². The minimum atomic E-state index is -4.96. The molecule has 0 bridgehead atoms. The van der Waals surface area contributed by atoms with E-state index in [-0.39, 0.29) is 30.0 Å². The summed E-state index contributed by atoms with van der Waals surface area (Å²) in [5.41, 5.74) is 0.737. The van der Waals surface area contributed by atoms with Crippen LogP contribution in [0.4, 0.5) is 18.9 Å². The largest absolute Gasteiger partial charge is 0.573 e. The molecule has 0 radical (unpaired) electrons. The Hall–Kier alpha value is -2.94.